The number of hydrogen-bond donors (Lipinski definition) is 1. The Kier molecular flexibility index (Phi) is 6.59. The van der Waals surface area contributed by atoms with Crippen LogP contribution in [-0.2, 0) is 10.5 Å². The molecule has 0 bridgehead atoms. The van der Waals surface area contributed by atoms with Crippen LogP contribution in [0.1, 0.15) is 5.56 Å². The molecular weight excluding hydrogens is 441 g/mol. The number of aromatic nitrogens is 2. The highest BCUT2D eigenvalue weighted by atomic mass is 79.9. The number of benzene rings is 2. The van der Waals surface area contributed by atoms with E-state index in [-0.39, 0.29) is 18.3 Å². The maximum absolute atomic E-state index is 12.9. The van der Waals surface area contributed by atoms with Gasteiger partial charge in [0.1, 0.15) is 11.6 Å². The highest BCUT2D eigenvalue weighted by molar-refractivity contribution is 9.10. The van der Waals surface area contributed by atoms with Gasteiger partial charge in [0.05, 0.1) is 0 Å². The Labute approximate surface area is 166 Å². The zero-order valence-electron chi connectivity index (χ0n) is 13.3. The maximum Gasteiger partial charge on any atom is 0.264 e. The van der Waals surface area contributed by atoms with E-state index >= 15 is 0 Å². The van der Waals surface area contributed by atoms with Crippen LogP contribution in [-0.4, -0.2) is 22.7 Å². The number of halogens is 2. The second kappa shape index (κ2) is 9.11. The minimum atomic E-state index is -0.306. The van der Waals surface area contributed by atoms with E-state index in [1.54, 1.807) is 24.3 Å². The fraction of sp³-hybridized carbons (Fsp3) is 0.118. The van der Waals surface area contributed by atoms with E-state index in [0.717, 1.165) is 14.4 Å². The van der Waals surface area contributed by atoms with Crippen molar-refractivity contribution in [2.45, 2.75) is 10.1 Å². The third-order valence-electron chi connectivity index (χ3n) is 3.11. The third kappa shape index (κ3) is 5.79. The predicted molar refractivity (Wildman–Crippen MR) is 104 cm³/mol. The monoisotopic (exact) mass is 453 g/mol. The second-order valence-electron chi connectivity index (χ2n) is 5.08. The summed E-state index contributed by atoms with van der Waals surface area (Å²) in [4.78, 5) is 11.9. The summed E-state index contributed by atoms with van der Waals surface area (Å²) in [5.74, 6) is 0.690. The standard InChI is InChI=1S/C17H13BrFN3O2S2/c18-12-3-7-14(8-4-12)24-9-15(23)20-16-21-22-17(26-16)25-10-11-1-5-13(19)6-2-11/h1-8H,9-10H2,(H,20,21,23). The van der Waals surface area contributed by atoms with Gasteiger partial charge >= 0.3 is 0 Å². The molecule has 1 N–H and O–H groups in total. The number of carbonyl (C=O) groups excluding carboxylic acids is 1. The van der Waals surface area contributed by atoms with Crippen LogP contribution in [0, 0.1) is 5.82 Å². The van der Waals surface area contributed by atoms with Crippen molar-refractivity contribution in [3.05, 3.63) is 64.4 Å². The van der Waals surface area contributed by atoms with E-state index < -0.39 is 0 Å². The molecular formula is C17H13BrFN3O2S2. The molecule has 0 atom stereocenters. The summed E-state index contributed by atoms with van der Waals surface area (Å²) < 4.78 is 19.9. The van der Waals surface area contributed by atoms with Crippen molar-refractivity contribution in [3.8, 4) is 5.75 Å². The maximum atomic E-state index is 12.9. The van der Waals surface area contributed by atoms with Crippen molar-refractivity contribution in [1.82, 2.24) is 10.2 Å². The van der Waals surface area contributed by atoms with Crippen molar-refractivity contribution < 1.29 is 13.9 Å². The van der Waals surface area contributed by atoms with Crippen LogP contribution < -0.4 is 10.1 Å². The lowest BCUT2D eigenvalue weighted by Crippen LogP contribution is -2.20. The molecule has 0 fully saturated rings. The van der Waals surface area contributed by atoms with Gasteiger partial charge in [-0.3, -0.25) is 10.1 Å². The van der Waals surface area contributed by atoms with E-state index in [1.807, 2.05) is 12.1 Å². The molecule has 134 valence electrons. The Bertz CT molecular complexity index is 872. The van der Waals surface area contributed by atoms with Gasteiger partial charge in [0.2, 0.25) is 5.13 Å². The normalized spacial score (nSPS) is 10.5. The molecule has 0 aliphatic heterocycles. The molecule has 0 aliphatic rings. The first-order chi connectivity index (χ1) is 12.6. The predicted octanol–water partition coefficient (Wildman–Crippen LogP) is 4.75. The molecule has 9 heteroatoms. The molecule has 0 saturated carbocycles. The first-order valence-electron chi connectivity index (χ1n) is 7.47. The average molecular weight is 454 g/mol. The Morgan fingerprint density at radius 2 is 1.88 bits per heavy atom. The zero-order chi connectivity index (χ0) is 18.4. The quantitative estimate of drug-likeness (QED) is 0.413. The Balaban J connectivity index is 1.45. The lowest BCUT2D eigenvalue weighted by atomic mass is 10.2. The van der Waals surface area contributed by atoms with Crippen LogP contribution in [0.25, 0.3) is 0 Å². The molecule has 3 rings (SSSR count). The molecule has 3 aromatic rings. The minimum Gasteiger partial charge on any atom is -0.484 e. The van der Waals surface area contributed by atoms with E-state index in [1.165, 1.54) is 35.2 Å². The van der Waals surface area contributed by atoms with Gasteiger partial charge in [0.25, 0.3) is 5.91 Å². The third-order valence-corrected chi connectivity index (χ3v) is 5.68. The number of anilines is 1. The highest BCUT2D eigenvalue weighted by Gasteiger charge is 2.10. The fourth-order valence-electron chi connectivity index (χ4n) is 1.88. The lowest BCUT2D eigenvalue weighted by Gasteiger charge is -2.05. The van der Waals surface area contributed by atoms with Gasteiger partial charge in [-0.1, -0.05) is 51.2 Å². The molecule has 2 aromatic carbocycles. The molecule has 0 saturated heterocycles. The van der Waals surface area contributed by atoms with E-state index in [0.29, 0.717) is 16.6 Å². The number of carbonyl (C=O) groups is 1. The second-order valence-corrected chi connectivity index (χ2v) is 8.19. The topological polar surface area (TPSA) is 64.1 Å². The number of nitrogens with one attached hydrogen (secondary N) is 1. The Morgan fingerprint density at radius 1 is 1.15 bits per heavy atom. The van der Waals surface area contributed by atoms with Crippen LogP contribution in [0.5, 0.6) is 5.75 Å². The van der Waals surface area contributed by atoms with Crippen molar-refractivity contribution in [2.24, 2.45) is 0 Å². The summed E-state index contributed by atoms with van der Waals surface area (Å²) in [6, 6.07) is 13.5. The minimum absolute atomic E-state index is 0.112. The van der Waals surface area contributed by atoms with Crippen LogP contribution in [0.3, 0.4) is 0 Å². The summed E-state index contributed by atoms with van der Waals surface area (Å²) in [7, 11) is 0. The number of hydrogen-bond acceptors (Lipinski definition) is 6. The van der Waals surface area contributed by atoms with E-state index in [9.17, 15) is 9.18 Å². The van der Waals surface area contributed by atoms with Crippen LogP contribution in [0.2, 0.25) is 0 Å². The van der Waals surface area contributed by atoms with Gasteiger partial charge in [0.15, 0.2) is 10.9 Å². The fourth-order valence-corrected chi connectivity index (χ4v) is 3.87. The molecule has 0 radical (unpaired) electrons. The SMILES string of the molecule is O=C(COc1ccc(Br)cc1)Nc1nnc(SCc2ccc(F)cc2)s1. The molecule has 0 spiro atoms. The van der Waals surface area contributed by atoms with Crippen molar-refractivity contribution in [3.63, 3.8) is 0 Å². The first-order valence-corrected chi connectivity index (χ1v) is 10.1. The Morgan fingerprint density at radius 3 is 2.62 bits per heavy atom. The molecule has 0 aliphatic carbocycles. The zero-order valence-corrected chi connectivity index (χ0v) is 16.5. The first kappa shape index (κ1) is 18.8. The van der Waals surface area contributed by atoms with Crippen LogP contribution in [0.4, 0.5) is 9.52 Å². The molecule has 26 heavy (non-hydrogen) atoms. The van der Waals surface area contributed by atoms with Crippen LogP contribution >= 0.6 is 39.0 Å². The smallest absolute Gasteiger partial charge is 0.264 e. The summed E-state index contributed by atoms with van der Waals surface area (Å²) in [5.41, 5.74) is 0.986. The van der Waals surface area contributed by atoms with Crippen molar-refractivity contribution in [1.29, 1.82) is 0 Å². The largest absolute Gasteiger partial charge is 0.484 e. The van der Waals surface area contributed by atoms with Gasteiger partial charge < -0.3 is 4.74 Å². The molecule has 0 unspecified atom stereocenters. The average Bonchev–Trinajstić information content (AvgIpc) is 3.08. The highest BCUT2D eigenvalue weighted by Crippen LogP contribution is 2.28. The van der Waals surface area contributed by atoms with Crippen molar-refractivity contribution >= 4 is 50.1 Å². The van der Waals surface area contributed by atoms with Crippen molar-refractivity contribution in [2.75, 3.05) is 11.9 Å². The number of amides is 1. The van der Waals surface area contributed by atoms with Crippen LogP contribution in [0.15, 0.2) is 57.3 Å². The molecule has 1 amide bonds. The lowest BCUT2D eigenvalue weighted by molar-refractivity contribution is -0.118. The summed E-state index contributed by atoms with van der Waals surface area (Å²) in [6.07, 6.45) is 0. The van der Waals surface area contributed by atoms with Gasteiger partial charge in [-0.2, -0.15) is 0 Å². The molecule has 5 nitrogen and oxygen atoms in total. The summed E-state index contributed by atoms with van der Waals surface area (Å²) in [6.45, 7) is -0.112. The molecule has 1 heterocycles. The Hall–Kier alpha value is -1.97. The van der Waals surface area contributed by atoms with Gasteiger partial charge in [-0.25, -0.2) is 4.39 Å². The number of ether oxygens (including phenoxy) is 1. The summed E-state index contributed by atoms with van der Waals surface area (Å²) in [5, 5.41) is 11.0. The van der Waals surface area contributed by atoms with E-state index in [2.05, 4.69) is 31.4 Å². The summed E-state index contributed by atoms with van der Waals surface area (Å²) >= 11 is 6.09. The van der Waals surface area contributed by atoms with E-state index in [4.69, 9.17) is 4.74 Å². The number of thioether (sulfide) groups is 1. The van der Waals surface area contributed by atoms with Gasteiger partial charge in [-0.05, 0) is 42.0 Å². The molecule has 1 aromatic heterocycles. The van der Waals surface area contributed by atoms with Gasteiger partial charge in [0, 0.05) is 10.2 Å². The number of nitrogens with zero attached hydrogens (tertiary/aromatic N) is 2. The van der Waals surface area contributed by atoms with Gasteiger partial charge in [-0.15, -0.1) is 10.2 Å². The number of rotatable bonds is 7.